The smallest absolute Gasteiger partial charge is 0.405 e. The lowest BCUT2D eigenvalue weighted by Crippen LogP contribution is -2.37. The molecule has 4 heteroatoms. The van der Waals surface area contributed by atoms with Crippen molar-refractivity contribution in [2.45, 2.75) is 20.0 Å². The number of amides is 1. The van der Waals surface area contributed by atoms with Gasteiger partial charge in [0.1, 0.15) is 11.9 Å². The molecule has 4 nitrogen and oxygen atoms in total. The molecule has 0 spiro atoms. The highest BCUT2D eigenvalue weighted by Gasteiger charge is 2.40. The van der Waals surface area contributed by atoms with Gasteiger partial charge in [-0.05, 0) is 28.0 Å². The van der Waals surface area contributed by atoms with Crippen LogP contribution in [0.15, 0.2) is 60.7 Å². The fraction of sp³-hybridized carbons (Fsp3) is 0.227. The molecule has 1 aliphatic heterocycles. The molecule has 0 fully saturated rings. The summed E-state index contributed by atoms with van der Waals surface area (Å²) in [7, 11) is 0. The van der Waals surface area contributed by atoms with E-state index >= 15 is 0 Å². The van der Waals surface area contributed by atoms with Crippen LogP contribution >= 0.6 is 0 Å². The molecule has 132 valence electrons. The Kier molecular flexibility index (Phi) is 3.83. The summed E-state index contributed by atoms with van der Waals surface area (Å²) < 4.78 is 11.4. The Morgan fingerprint density at radius 2 is 1.88 bits per heavy atom. The minimum Gasteiger partial charge on any atom is -0.492 e. The lowest BCUT2D eigenvalue weighted by molar-refractivity contribution is -0.0176. The van der Waals surface area contributed by atoms with Crippen LogP contribution in [0.2, 0.25) is 0 Å². The maximum Gasteiger partial charge on any atom is 0.405 e. The number of hydrogen-bond donors (Lipinski definition) is 1. The van der Waals surface area contributed by atoms with E-state index in [1.54, 1.807) is 0 Å². The maximum absolute atomic E-state index is 11.4. The lowest BCUT2D eigenvalue weighted by Gasteiger charge is -2.38. The van der Waals surface area contributed by atoms with Crippen LogP contribution in [0.5, 0.6) is 5.75 Å². The molecule has 2 N–H and O–H groups in total. The van der Waals surface area contributed by atoms with E-state index in [4.69, 9.17) is 15.2 Å². The van der Waals surface area contributed by atoms with Gasteiger partial charge in [-0.2, -0.15) is 0 Å². The molecule has 0 aromatic heterocycles. The Bertz CT molecular complexity index is 988. The van der Waals surface area contributed by atoms with Gasteiger partial charge in [-0.1, -0.05) is 68.4 Å². The number of hydrogen-bond acceptors (Lipinski definition) is 3. The molecule has 3 aromatic rings. The predicted molar refractivity (Wildman–Crippen MR) is 102 cm³/mol. The van der Waals surface area contributed by atoms with E-state index < -0.39 is 12.2 Å². The van der Waals surface area contributed by atoms with Gasteiger partial charge in [0, 0.05) is 11.0 Å². The molecule has 1 aliphatic rings. The van der Waals surface area contributed by atoms with Crippen LogP contribution < -0.4 is 10.5 Å². The van der Waals surface area contributed by atoms with E-state index in [1.165, 1.54) is 10.8 Å². The fourth-order valence-corrected chi connectivity index (χ4v) is 3.62. The van der Waals surface area contributed by atoms with Crippen molar-refractivity contribution in [2.75, 3.05) is 6.61 Å². The van der Waals surface area contributed by atoms with E-state index in [9.17, 15) is 4.79 Å². The van der Waals surface area contributed by atoms with Gasteiger partial charge in [0.05, 0.1) is 6.61 Å². The van der Waals surface area contributed by atoms with E-state index in [2.05, 4.69) is 30.3 Å². The van der Waals surface area contributed by atoms with Crippen molar-refractivity contribution in [3.05, 3.63) is 66.2 Å². The van der Waals surface area contributed by atoms with Crippen LogP contribution in [0.4, 0.5) is 4.79 Å². The van der Waals surface area contributed by atoms with Gasteiger partial charge in [0.2, 0.25) is 0 Å². The SMILES string of the molecule is CC1(C)COc2cc(-c3cccc4ccccc34)ccc2C1OC(N)=O. The van der Waals surface area contributed by atoms with Gasteiger partial charge in [0.25, 0.3) is 0 Å². The average molecular weight is 347 g/mol. The summed E-state index contributed by atoms with van der Waals surface area (Å²) >= 11 is 0. The summed E-state index contributed by atoms with van der Waals surface area (Å²) in [6.07, 6.45) is -1.20. The second-order valence-corrected chi connectivity index (χ2v) is 7.37. The third-order valence-electron chi connectivity index (χ3n) is 4.94. The molecule has 0 saturated carbocycles. The van der Waals surface area contributed by atoms with Gasteiger partial charge in [-0.25, -0.2) is 4.79 Å². The Hall–Kier alpha value is -3.01. The average Bonchev–Trinajstić information content (AvgIpc) is 2.63. The van der Waals surface area contributed by atoms with Crippen molar-refractivity contribution in [1.82, 2.24) is 0 Å². The van der Waals surface area contributed by atoms with Crippen LogP contribution in [0, 0.1) is 5.41 Å². The molecule has 0 bridgehead atoms. The quantitative estimate of drug-likeness (QED) is 0.704. The van der Waals surface area contributed by atoms with Crippen LogP contribution in [0.25, 0.3) is 21.9 Å². The molecule has 0 radical (unpaired) electrons. The predicted octanol–water partition coefficient (Wildman–Crippen LogP) is 5.06. The Morgan fingerprint density at radius 1 is 1.12 bits per heavy atom. The lowest BCUT2D eigenvalue weighted by atomic mass is 9.80. The monoisotopic (exact) mass is 347 g/mol. The first-order valence-corrected chi connectivity index (χ1v) is 8.67. The molecule has 1 atom stereocenters. The highest BCUT2D eigenvalue weighted by Crippen LogP contribution is 2.46. The summed E-state index contributed by atoms with van der Waals surface area (Å²) in [5.74, 6) is 0.737. The second-order valence-electron chi connectivity index (χ2n) is 7.37. The number of nitrogens with two attached hydrogens (primary N) is 1. The van der Waals surface area contributed by atoms with Gasteiger partial charge < -0.3 is 15.2 Å². The van der Waals surface area contributed by atoms with E-state index in [-0.39, 0.29) is 5.41 Å². The highest BCUT2D eigenvalue weighted by molar-refractivity contribution is 5.96. The fourth-order valence-electron chi connectivity index (χ4n) is 3.62. The highest BCUT2D eigenvalue weighted by atomic mass is 16.6. The van der Waals surface area contributed by atoms with Crippen LogP contribution in [0.1, 0.15) is 25.5 Å². The van der Waals surface area contributed by atoms with Crippen molar-refractivity contribution >= 4 is 16.9 Å². The van der Waals surface area contributed by atoms with Crippen molar-refractivity contribution in [3.63, 3.8) is 0 Å². The van der Waals surface area contributed by atoms with Crippen LogP contribution in [0.3, 0.4) is 0 Å². The second kappa shape index (κ2) is 6.06. The number of benzene rings is 3. The molecule has 0 saturated heterocycles. The number of carbonyl (C=O) groups excluding carboxylic acids is 1. The summed E-state index contributed by atoms with van der Waals surface area (Å²) in [5.41, 5.74) is 8.00. The minimum absolute atomic E-state index is 0.344. The van der Waals surface area contributed by atoms with Gasteiger partial charge in [0.15, 0.2) is 0 Å². The number of carbonyl (C=O) groups is 1. The van der Waals surface area contributed by atoms with E-state index in [0.29, 0.717) is 6.61 Å². The third kappa shape index (κ3) is 2.77. The van der Waals surface area contributed by atoms with Crippen molar-refractivity contribution < 1.29 is 14.3 Å². The van der Waals surface area contributed by atoms with Gasteiger partial charge in [-0.3, -0.25) is 0 Å². The number of ether oxygens (including phenoxy) is 2. The molecule has 4 rings (SSSR count). The minimum atomic E-state index is -0.769. The molecule has 1 heterocycles. The first-order valence-electron chi connectivity index (χ1n) is 8.67. The normalized spacial score (nSPS) is 18.0. The van der Waals surface area contributed by atoms with Crippen molar-refractivity contribution in [2.24, 2.45) is 11.1 Å². The summed E-state index contributed by atoms with van der Waals surface area (Å²) in [5, 5.41) is 2.38. The largest absolute Gasteiger partial charge is 0.492 e. The van der Waals surface area contributed by atoms with Crippen LogP contribution in [-0.2, 0) is 4.74 Å². The Balaban J connectivity index is 1.82. The van der Waals surface area contributed by atoms with Gasteiger partial charge >= 0.3 is 6.09 Å². The number of fused-ring (bicyclic) bond motifs is 2. The molecule has 0 aliphatic carbocycles. The Morgan fingerprint density at radius 3 is 2.69 bits per heavy atom. The standard InChI is InChI=1S/C22H21NO3/c1-22(2)13-25-19-12-15(10-11-18(19)20(22)26-21(23)24)17-9-5-7-14-6-3-4-8-16(14)17/h3-12,20H,13H2,1-2H3,(H2,23,24). The van der Waals surface area contributed by atoms with E-state index in [1.807, 2.05) is 44.2 Å². The Labute approximate surface area is 152 Å². The van der Waals surface area contributed by atoms with Crippen molar-refractivity contribution in [1.29, 1.82) is 0 Å². The zero-order chi connectivity index (χ0) is 18.3. The molecule has 3 aromatic carbocycles. The number of rotatable bonds is 2. The molecule has 26 heavy (non-hydrogen) atoms. The van der Waals surface area contributed by atoms with Gasteiger partial charge in [-0.15, -0.1) is 0 Å². The first kappa shape index (κ1) is 16.5. The first-order chi connectivity index (χ1) is 12.5. The molecule has 1 unspecified atom stereocenters. The van der Waals surface area contributed by atoms with Crippen molar-refractivity contribution in [3.8, 4) is 16.9 Å². The maximum atomic E-state index is 11.4. The third-order valence-corrected chi connectivity index (χ3v) is 4.94. The topological polar surface area (TPSA) is 61.6 Å². The molecular formula is C22H21NO3. The summed E-state index contributed by atoms with van der Waals surface area (Å²) in [6, 6.07) is 20.6. The van der Waals surface area contributed by atoms with Crippen LogP contribution in [-0.4, -0.2) is 12.7 Å². The summed E-state index contributed by atoms with van der Waals surface area (Å²) in [6.45, 7) is 4.46. The zero-order valence-corrected chi connectivity index (χ0v) is 14.9. The molecule has 1 amide bonds. The molecular weight excluding hydrogens is 326 g/mol. The zero-order valence-electron chi connectivity index (χ0n) is 14.9. The number of primary amides is 1. The van der Waals surface area contributed by atoms with E-state index in [0.717, 1.165) is 22.4 Å². The summed E-state index contributed by atoms with van der Waals surface area (Å²) in [4.78, 5) is 11.4.